The third-order valence-electron chi connectivity index (χ3n) is 2.44. The fraction of sp³-hybridized carbons (Fsp3) is 1.00. The Kier molecular flexibility index (Phi) is 10.1. The van der Waals surface area contributed by atoms with Crippen molar-refractivity contribution in [3.63, 3.8) is 0 Å². The van der Waals surface area contributed by atoms with E-state index in [1.54, 1.807) is 0 Å². The van der Waals surface area contributed by atoms with Gasteiger partial charge in [-0.2, -0.15) is 0 Å². The van der Waals surface area contributed by atoms with Crippen molar-refractivity contribution in [3.8, 4) is 0 Å². The van der Waals surface area contributed by atoms with Gasteiger partial charge in [0.05, 0.1) is 0 Å². The molecule has 0 atom stereocenters. The molecule has 0 amide bonds. The van der Waals surface area contributed by atoms with E-state index in [-0.39, 0.29) is 0 Å². The number of rotatable bonds is 6. The Morgan fingerprint density at radius 1 is 0.692 bits per heavy atom. The Morgan fingerprint density at radius 3 is 1.15 bits per heavy atom. The summed E-state index contributed by atoms with van der Waals surface area (Å²) in [5.74, 6) is 1.03. The highest BCUT2D eigenvalue weighted by Gasteiger charge is 2.03. The highest BCUT2D eigenvalue weighted by molar-refractivity contribution is 4.56. The van der Waals surface area contributed by atoms with E-state index >= 15 is 0 Å². The van der Waals surface area contributed by atoms with Gasteiger partial charge in [-0.3, -0.25) is 0 Å². The minimum absolute atomic E-state index is 1.03. The average molecular weight is 184 g/mol. The average Bonchev–Trinajstić information content (AvgIpc) is 2.91. The van der Waals surface area contributed by atoms with Gasteiger partial charge in [-0.15, -0.1) is 0 Å². The van der Waals surface area contributed by atoms with Crippen LogP contribution in [-0.4, -0.2) is 0 Å². The molecular formula is C13H28. The molecule has 1 fully saturated rings. The van der Waals surface area contributed by atoms with Crippen LogP contribution < -0.4 is 0 Å². The summed E-state index contributed by atoms with van der Waals surface area (Å²) in [6, 6.07) is 0. The molecule has 0 aromatic heterocycles. The summed E-state index contributed by atoms with van der Waals surface area (Å²) in [6.45, 7) is 6.87. The first-order chi connectivity index (χ1) is 6.35. The molecule has 80 valence electrons. The largest absolute Gasteiger partial charge is 0.0654 e. The van der Waals surface area contributed by atoms with Crippen LogP contribution in [0.2, 0.25) is 0 Å². The van der Waals surface area contributed by atoms with Gasteiger partial charge in [-0.25, -0.2) is 0 Å². The molecule has 1 rings (SSSR count). The van der Waals surface area contributed by atoms with Gasteiger partial charge in [-0.05, 0) is 5.92 Å². The van der Waals surface area contributed by atoms with Crippen molar-refractivity contribution in [1.29, 1.82) is 0 Å². The van der Waals surface area contributed by atoms with Crippen LogP contribution in [0, 0.1) is 5.92 Å². The third-order valence-corrected chi connectivity index (χ3v) is 2.44. The van der Waals surface area contributed by atoms with Crippen molar-refractivity contribution in [1.82, 2.24) is 0 Å². The second-order valence-electron chi connectivity index (χ2n) is 4.29. The Bertz CT molecular complexity index is 67.0. The highest BCUT2D eigenvalue weighted by Crippen LogP contribution is 2.18. The molecule has 0 aromatic carbocycles. The second-order valence-corrected chi connectivity index (χ2v) is 4.29. The summed E-state index contributed by atoms with van der Waals surface area (Å²) in [5.41, 5.74) is 0. The molecule has 0 radical (unpaired) electrons. The van der Waals surface area contributed by atoms with E-state index in [1.165, 1.54) is 57.8 Å². The molecule has 0 spiro atoms. The van der Waals surface area contributed by atoms with Crippen molar-refractivity contribution in [2.45, 2.75) is 78.6 Å². The molecule has 0 saturated heterocycles. The molecule has 0 heteroatoms. The van der Waals surface area contributed by atoms with Gasteiger partial charge in [0, 0.05) is 0 Å². The van der Waals surface area contributed by atoms with Gasteiger partial charge in [0.15, 0.2) is 0 Å². The molecule has 0 bridgehead atoms. The molecule has 1 aliphatic carbocycles. The predicted octanol–water partition coefficient (Wildman–Crippen LogP) is 5.17. The summed E-state index contributed by atoms with van der Waals surface area (Å²) in [4.78, 5) is 0. The van der Waals surface area contributed by atoms with Gasteiger partial charge < -0.3 is 0 Å². The predicted molar refractivity (Wildman–Crippen MR) is 62.1 cm³/mol. The monoisotopic (exact) mass is 184 g/mol. The molecule has 13 heavy (non-hydrogen) atoms. The Morgan fingerprint density at radius 2 is 1.00 bits per heavy atom. The van der Waals surface area contributed by atoms with E-state index < -0.39 is 0 Å². The standard InChI is InChI=1S/C10H22.C3H6/c1-4-7-10(8-5-2)9-6-3;1-2-3-1/h10H,4-9H2,1-3H3;1-3H2. The minimum atomic E-state index is 1.03. The van der Waals surface area contributed by atoms with Crippen molar-refractivity contribution >= 4 is 0 Å². The lowest BCUT2D eigenvalue weighted by Crippen LogP contribution is -1.98. The summed E-state index contributed by atoms with van der Waals surface area (Å²) in [7, 11) is 0. The van der Waals surface area contributed by atoms with E-state index in [4.69, 9.17) is 0 Å². The molecular weight excluding hydrogens is 156 g/mol. The van der Waals surface area contributed by atoms with E-state index in [2.05, 4.69) is 20.8 Å². The minimum Gasteiger partial charge on any atom is -0.0654 e. The van der Waals surface area contributed by atoms with Gasteiger partial charge in [-0.1, -0.05) is 78.6 Å². The summed E-state index contributed by atoms with van der Waals surface area (Å²) in [6.07, 6.45) is 12.9. The Balaban J connectivity index is 0.000000396. The van der Waals surface area contributed by atoms with Crippen LogP contribution in [0.4, 0.5) is 0 Å². The lowest BCUT2D eigenvalue weighted by molar-refractivity contribution is 0.407. The molecule has 1 saturated carbocycles. The second kappa shape index (κ2) is 10.1. The lowest BCUT2D eigenvalue weighted by atomic mass is 9.94. The maximum atomic E-state index is 2.29. The van der Waals surface area contributed by atoms with E-state index in [1.807, 2.05) is 0 Å². The Labute approximate surface area is 85.1 Å². The Hall–Kier alpha value is 0. The maximum Gasteiger partial charge on any atom is -0.0415 e. The van der Waals surface area contributed by atoms with Crippen molar-refractivity contribution < 1.29 is 0 Å². The molecule has 0 nitrogen and oxygen atoms in total. The van der Waals surface area contributed by atoms with E-state index in [0.717, 1.165) is 5.92 Å². The maximum absolute atomic E-state index is 2.29. The van der Waals surface area contributed by atoms with Crippen LogP contribution in [0.5, 0.6) is 0 Å². The number of hydrogen-bond donors (Lipinski definition) is 0. The molecule has 0 N–H and O–H groups in total. The van der Waals surface area contributed by atoms with E-state index in [0.29, 0.717) is 0 Å². The van der Waals surface area contributed by atoms with Gasteiger partial charge in [0.2, 0.25) is 0 Å². The zero-order chi connectivity index (χ0) is 9.94. The number of hydrogen-bond acceptors (Lipinski definition) is 0. The molecule has 0 heterocycles. The topological polar surface area (TPSA) is 0 Å². The van der Waals surface area contributed by atoms with Crippen LogP contribution in [0.1, 0.15) is 78.6 Å². The van der Waals surface area contributed by atoms with Crippen molar-refractivity contribution in [3.05, 3.63) is 0 Å². The zero-order valence-corrected chi connectivity index (χ0v) is 9.94. The molecule has 0 aliphatic heterocycles. The first-order valence-electron chi connectivity index (χ1n) is 6.35. The normalized spacial score (nSPS) is 13.8. The summed E-state index contributed by atoms with van der Waals surface area (Å²) in [5, 5.41) is 0. The molecule has 0 unspecified atom stereocenters. The fourth-order valence-electron chi connectivity index (χ4n) is 1.66. The van der Waals surface area contributed by atoms with Crippen LogP contribution in [-0.2, 0) is 0 Å². The van der Waals surface area contributed by atoms with Crippen LogP contribution in [0.25, 0.3) is 0 Å². The molecule has 0 aromatic rings. The van der Waals surface area contributed by atoms with Crippen LogP contribution in [0.15, 0.2) is 0 Å². The first-order valence-corrected chi connectivity index (χ1v) is 6.35. The van der Waals surface area contributed by atoms with Gasteiger partial charge in [0.1, 0.15) is 0 Å². The smallest absolute Gasteiger partial charge is 0.0415 e. The van der Waals surface area contributed by atoms with Crippen LogP contribution in [0.3, 0.4) is 0 Å². The first kappa shape index (κ1) is 13.0. The van der Waals surface area contributed by atoms with Gasteiger partial charge in [0.25, 0.3) is 0 Å². The SMILES string of the molecule is C1CC1.CCCC(CCC)CCC. The summed E-state index contributed by atoms with van der Waals surface area (Å²) < 4.78 is 0. The van der Waals surface area contributed by atoms with Crippen molar-refractivity contribution in [2.24, 2.45) is 5.92 Å². The van der Waals surface area contributed by atoms with Crippen molar-refractivity contribution in [2.75, 3.05) is 0 Å². The van der Waals surface area contributed by atoms with Gasteiger partial charge >= 0.3 is 0 Å². The van der Waals surface area contributed by atoms with Crippen LogP contribution >= 0.6 is 0 Å². The lowest BCUT2D eigenvalue weighted by Gasteiger charge is -2.12. The quantitative estimate of drug-likeness (QED) is 0.534. The highest BCUT2D eigenvalue weighted by atomic mass is 14.1. The molecule has 1 aliphatic rings. The fourth-order valence-corrected chi connectivity index (χ4v) is 1.66. The third kappa shape index (κ3) is 12.0. The zero-order valence-electron chi connectivity index (χ0n) is 9.94. The summed E-state index contributed by atoms with van der Waals surface area (Å²) >= 11 is 0. The van der Waals surface area contributed by atoms with E-state index in [9.17, 15) is 0 Å².